The third-order valence-corrected chi connectivity index (χ3v) is 2.36. The zero-order valence-electron chi connectivity index (χ0n) is 9.99. The second-order valence-corrected chi connectivity index (χ2v) is 3.75. The molecule has 0 bridgehead atoms. The Labute approximate surface area is 103 Å². The number of aromatic carboxylic acids is 1. The van der Waals surface area contributed by atoms with Gasteiger partial charge in [0.05, 0.1) is 0 Å². The van der Waals surface area contributed by atoms with Crippen molar-refractivity contribution >= 4 is 5.97 Å². The highest BCUT2D eigenvalue weighted by Gasteiger charge is 2.14. The number of carboxylic acids is 1. The van der Waals surface area contributed by atoms with Gasteiger partial charge in [0.15, 0.2) is 17.3 Å². The Hall–Kier alpha value is -2.44. The molecular formula is C11H12N4O3. The van der Waals surface area contributed by atoms with E-state index in [0.29, 0.717) is 11.5 Å². The molecule has 2 heterocycles. The summed E-state index contributed by atoms with van der Waals surface area (Å²) in [5.74, 6) is -0.297. The van der Waals surface area contributed by atoms with Gasteiger partial charge in [-0.2, -0.15) is 0 Å². The maximum atomic E-state index is 11.0. The van der Waals surface area contributed by atoms with Crippen LogP contribution in [0.5, 0.6) is 5.75 Å². The highest BCUT2D eigenvalue weighted by Crippen LogP contribution is 2.18. The molecule has 1 N–H and O–H groups in total. The minimum absolute atomic E-state index is 0.0998. The van der Waals surface area contributed by atoms with Crippen LogP contribution >= 0.6 is 0 Å². The van der Waals surface area contributed by atoms with E-state index in [1.807, 2.05) is 0 Å². The molecule has 0 spiro atoms. The number of aryl methyl sites for hydroxylation is 2. The fraction of sp³-hybridized carbons (Fsp3) is 0.273. The summed E-state index contributed by atoms with van der Waals surface area (Å²) in [6, 6.07) is 3.28. The molecule has 2 aromatic rings. The van der Waals surface area contributed by atoms with E-state index in [-0.39, 0.29) is 18.1 Å². The van der Waals surface area contributed by atoms with Crippen molar-refractivity contribution in [1.29, 1.82) is 0 Å². The first kappa shape index (κ1) is 12.0. The van der Waals surface area contributed by atoms with Gasteiger partial charge in [-0.3, -0.25) is 0 Å². The van der Waals surface area contributed by atoms with Crippen LogP contribution in [0, 0.1) is 6.92 Å². The summed E-state index contributed by atoms with van der Waals surface area (Å²) in [5.41, 5.74) is 0.524. The Morgan fingerprint density at radius 1 is 1.50 bits per heavy atom. The van der Waals surface area contributed by atoms with Gasteiger partial charge in [0.1, 0.15) is 12.9 Å². The van der Waals surface area contributed by atoms with Crippen molar-refractivity contribution < 1.29 is 14.6 Å². The van der Waals surface area contributed by atoms with Gasteiger partial charge in [-0.25, -0.2) is 9.78 Å². The lowest BCUT2D eigenvalue weighted by molar-refractivity contribution is 0.0684. The van der Waals surface area contributed by atoms with Gasteiger partial charge >= 0.3 is 5.97 Å². The summed E-state index contributed by atoms with van der Waals surface area (Å²) in [5, 5.41) is 16.6. The van der Waals surface area contributed by atoms with Gasteiger partial charge in [0, 0.05) is 12.7 Å². The molecular weight excluding hydrogens is 236 g/mol. The lowest BCUT2D eigenvalue weighted by Crippen LogP contribution is -2.09. The summed E-state index contributed by atoms with van der Waals surface area (Å²) in [7, 11) is 1.78. The predicted octanol–water partition coefficient (Wildman–Crippen LogP) is 0.796. The van der Waals surface area contributed by atoms with E-state index in [0.717, 1.165) is 0 Å². The number of ether oxygens (including phenoxy) is 1. The van der Waals surface area contributed by atoms with Crippen molar-refractivity contribution in [1.82, 2.24) is 19.7 Å². The standard InChI is InChI=1S/C11H12N4O3/c1-7-3-4-8(10(13-7)11(16)17)18-5-9-14-12-6-15(9)2/h3-4,6H,5H2,1-2H3,(H,16,17). The number of nitrogens with zero attached hydrogens (tertiary/aromatic N) is 4. The molecule has 2 rings (SSSR count). The molecule has 0 fully saturated rings. The lowest BCUT2D eigenvalue weighted by atomic mass is 10.3. The number of carbonyl (C=O) groups is 1. The highest BCUT2D eigenvalue weighted by atomic mass is 16.5. The number of aromatic nitrogens is 4. The molecule has 0 aromatic carbocycles. The van der Waals surface area contributed by atoms with Gasteiger partial charge in [-0.1, -0.05) is 0 Å². The number of carboxylic acid groups (broad SMARTS) is 1. The number of pyridine rings is 1. The van der Waals surface area contributed by atoms with Crippen LogP contribution in [0.1, 0.15) is 22.0 Å². The largest absolute Gasteiger partial charge is 0.483 e. The van der Waals surface area contributed by atoms with Crippen LogP contribution in [-0.4, -0.2) is 30.8 Å². The molecule has 0 amide bonds. The van der Waals surface area contributed by atoms with Crippen molar-refractivity contribution in [2.75, 3.05) is 0 Å². The van der Waals surface area contributed by atoms with E-state index in [9.17, 15) is 4.79 Å². The maximum absolute atomic E-state index is 11.0. The molecule has 7 nitrogen and oxygen atoms in total. The highest BCUT2D eigenvalue weighted by molar-refractivity contribution is 5.88. The third kappa shape index (κ3) is 2.45. The van der Waals surface area contributed by atoms with Gasteiger partial charge in [-0.15, -0.1) is 10.2 Å². The molecule has 0 aliphatic heterocycles. The van der Waals surface area contributed by atoms with E-state index in [2.05, 4.69) is 15.2 Å². The smallest absolute Gasteiger partial charge is 0.358 e. The van der Waals surface area contributed by atoms with E-state index < -0.39 is 5.97 Å². The molecule has 0 unspecified atom stereocenters. The first-order chi connectivity index (χ1) is 8.58. The van der Waals surface area contributed by atoms with Crippen LogP contribution in [0.25, 0.3) is 0 Å². The topological polar surface area (TPSA) is 90.1 Å². The van der Waals surface area contributed by atoms with Gasteiger partial charge < -0.3 is 14.4 Å². The van der Waals surface area contributed by atoms with Crippen molar-refractivity contribution in [2.24, 2.45) is 7.05 Å². The van der Waals surface area contributed by atoms with Crippen LogP contribution in [0.2, 0.25) is 0 Å². The maximum Gasteiger partial charge on any atom is 0.358 e. The van der Waals surface area contributed by atoms with Crippen LogP contribution < -0.4 is 4.74 Å². The van der Waals surface area contributed by atoms with Crippen molar-refractivity contribution in [3.8, 4) is 5.75 Å². The Kier molecular flexibility index (Phi) is 3.22. The quantitative estimate of drug-likeness (QED) is 0.860. The van der Waals surface area contributed by atoms with Crippen molar-refractivity contribution in [3.05, 3.63) is 35.7 Å². The normalized spacial score (nSPS) is 10.3. The number of hydrogen-bond donors (Lipinski definition) is 1. The summed E-state index contributed by atoms with van der Waals surface area (Å²) in [6.07, 6.45) is 1.55. The number of hydrogen-bond acceptors (Lipinski definition) is 5. The molecule has 18 heavy (non-hydrogen) atoms. The minimum atomic E-state index is -1.12. The first-order valence-corrected chi connectivity index (χ1v) is 5.24. The Bertz CT molecular complexity index is 579. The van der Waals surface area contributed by atoms with Gasteiger partial charge in [-0.05, 0) is 19.1 Å². The third-order valence-electron chi connectivity index (χ3n) is 2.36. The van der Waals surface area contributed by atoms with Gasteiger partial charge in [0.25, 0.3) is 0 Å². The first-order valence-electron chi connectivity index (χ1n) is 5.24. The second-order valence-electron chi connectivity index (χ2n) is 3.75. The van der Waals surface area contributed by atoms with Crippen molar-refractivity contribution in [3.63, 3.8) is 0 Å². The Morgan fingerprint density at radius 3 is 2.89 bits per heavy atom. The number of rotatable bonds is 4. The summed E-state index contributed by atoms with van der Waals surface area (Å²) >= 11 is 0. The van der Waals surface area contributed by atoms with E-state index in [4.69, 9.17) is 9.84 Å². The summed E-state index contributed by atoms with van der Waals surface area (Å²) in [6.45, 7) is 1.86. The van der Waals surface area contributed by atoms with E-state index in [1.165, 1.54) is 0 Å². The van der Waals surface area contributed by atoms with Crippen LogP contribution in [0.15, 0.2) is 18.5 Å². The van der Waals surface area contributed by atoms with E-state index in [1.54, 1.807) is 37.0 Å². The van der Waals surface area contributed by atoms with Crippen molar-refractivity contribution in [2.45, 2.75) is 13.5 Å². The Morgan fingerprint density at radius 2 is 2.28 bits per heavy atom. The molecule has 2 aromatic heterocycles. The monoisotopic (exact) mass is 248 g/mol. The zero-order chi connectivity index (χ0) is 13.1. The van der Waals surface area contributed by atoms with Crippen LogP contribution in [0.4, 0.5) is 0 Å². The zero-order valence-corrected chi connectivity index (χ0v) is 9.99. The molecule has 7 heteroatoms. The molecule has 0 atom stereocenters. The minimum Gasteiger partial charge on any atom is -0.483 e. The molecule has 0 aliphatic carbocycles. The predicted molar refractivity (Wildman–Crippen MR) is 61.3 cm³/mol. The SMILES string of the molecule is Cc1ccc(OCc2nncn2C)c(C(=O)O)n1. The second kappa shape index (κ2) is 4.82. The molecule has 94 valence electrons. The molecule has 0 aliphatic rings. The summed E-state index contributed by atoms with van der Waals surface area (Å²) < 4.78 is 7.11. The molecule has 0 saturated carbocycles. The average Bonchev–Trinajstić information content (AvgIpc) is 2.73. The average molecular weight is 248 g/mol. The van der Waals surface area contributed by atoms with E-state index >= 15 is 0 Å². The van der Waals surface area contributed by atoms with Gasteiger partial charge in [0.2, 0.25) is 0 Å². The van der Waals surface area contributed by atoms with Crippen LogP contribution in [0.3, 0.4) is 0 Å². The van der Waals surface area contributed by atoms with Crippen LogP contribution in [-0.2, 0) is 13.7 Å². The Balaban J connectivity index is 2.19. The summed E-state index contributed by atoms with van der Waals surface area (Å²) in [4.78, 5) is 15.0. The fourth-order valence-electron chi connectivity index (χ4n) is 1.39. The molecule has 0 radical (unpaired) electrons. The lowest BCUT2D eigenvalue weighted by Gasteiger charge is -2.08. The molecule has 0 saturated heterocycles. The fourth-order valence-corrected chi connectivity index (χ4v) is 1.39.